The first-order valence-electron chi connectivity index (χ1n) is 6.07. The lowest BCUT2D eigenvalue weighted by Gasteiger charge is -2.26. The van der Waals surface area contributed by atoms with Crippen molar-refractivity contribution < 1.29 is 9.53 Å². The van der Waals surface area contributed by atoms with Gasteiger partial charge in [-0.15, -0.1) is 0 Å². The standard InChI is InChI=1S/C11H23N3O2/c1-2-10(12)11(15)13-4-3-5-14-6-8-16-9-7-14/h10H,2-9,12H2,1H3,(H,13,15)/t10-/m0/s1. The van der Waals surface area contributed by atoms with Gasteiger partial charge in [-0.3, -0.25) is 9.69 Å². The van der Waals surface area contributed by atoms with E-state index < -0.39 is 0 Å². The Morgan fingerprint density at radius 2 is 2.19 bits per heavy atom. The van der Waals surface area contributed by atoms with Crippen molar-refractivity contribution in [3.63, 3.8) is 0 Å². The van der Waals surface area contributed by atoms with E-state index in [0.29, 0.717) is 13.0 Å². The van der Waals surface area contributed by atoms with E-state index in [0.717, 1.165) is 39.3 Å². The first-order valence-corrected chi connectivity index (χ1v) is 6.07. The fraction of sp³-hybridized carbons (Fsp3) is 0.909. The average molecular weight is 229 g/mol. The summed E-state index contributed by atoms with van der Waals surface area (Å²) in [5.74, 6) is -0.0375. The Morgan fingerprint density at radius 1 is 1.50 bits per heavy atom. The molecule has 1 fully saturated rings. The summed E-state index contributed by atoms with van der Waals surface area (Å²) in [7, 11) is 0. The lowest BCUT2D eigenvalue weighted by atomic mass is 10.2. The van der Waals surface area contributed by atoms with E-state index in [1.165, 1.54) is 0 Å². The molecular formula is C11H23N3O2. The molecule has 94 valence electrons. The first-order chi connectivity index (χ1) is 7.74. The highest BCUT2D eigenvalue weighted by Crippen LogP contribution is 1.97. The highest BCUT2D eigenvalue weighted by Gasteiger charge is 2.11. The highest BCUT2D eigenvalue weighted by atomic mass is 16.5. The van der Waals surface area contributed by atoms with Crippen LogP contribution in [0.25, 0.3) is 0 Å². The number of amides is 1. The van der Waals surface area contributed by atoms with Crippen LogP contribution in [-0.2, 0) is 9.53 Å². The quantitative estimate of drug-likeness (QED) is 0.606. The number of nitrogens with one attached hydrogen (secondary N) is 1. The molecule has 1 amide bonds. The molecule has 0 radical (unpaired) electrons. The van der Waals surface area contributed by atoms with Gasteiger partial charge in [0.25, 0.3) is 0 Å². The maximum absolute atomic E-state index is 11.4. The number of nitrogens with two attached hydrogens (primary N) is 1. The van der Waals surface area contributed by atoms with Crippen LogP contribution in [0.3, 0.4) is 0 Å². The maximum Gasteiger partial charge on any atom is 0.236 e. The van der Waals surface area contributed by atoms with Crippen molar-refractivity contribution in [3.05, 3.63) is 0 Å². The summed E-state index contributed by atoms with van der Waals surface area (Å²) in [5, 5.41) is 2.85. The topological polar surface area (TPSA) is 67.6 Å². The van der Waals surface area contributed by atoms with Gasteiger partial charge in [-0.1, -0.05) is 6.92 Å². The van der Waals surface area contributed by atoms with Crippen LogP contribution in [0.15, 0.2) is 0 Å². The molecule has 5 nitrogen and oxygen atoms in total. The van der Waals surface area contributed by atoms with E-state index in [-0.39, 0.29) is 11.9 Å². The van der Waals surface area contributed by atoms with Gasteiger partial charge in [-0.05, 0) is 19.4 Å². The van der Waals surface area contributed by atoms with Crippen molar-refractivity contribution in [1.29, 1.82) is 0 Å². The molecule has 0 saturated carbocycles. The fourth-order valence-corrected chi connectivity index (χ4v) is 1.66. The van der Waals surface area contributed by atoms with Gasteiger partial charge >= 0.3 is 0 Å². The molecule has 16 heavy (non-hydrogen) atoms. The van der Waals surface area contributed by atoms with Gasteiger partial charge in [0.2, 0.25) is 5.91 Å². The number of nitrogens with zero attached hydrogens (tertiary/aromatic N) is 1. The third-order valence-corrected chi connectivity index (χ3v) is 2.83. The van der Waals surface area contributed by atoms with Gasteiger partial charge in [0.15, 0.2) is 0 Å². The molecule has 0 aromatic rings. The second-order valence-corrected chi connectivity index (χ2v) is 4.11. The van der Waals surface area contributed by atoms with Gasteiger partial charge in [-0.25, -0.2) is 0 Å². The van der Waals surface area contributed by atoms with Crippen molar-refractivity contribution in [3.8, 4) is 0 Å². The van der Waals surface area contributed by atoms with Crippen LogP contribution in [0.2, 0.25) is 0 Å². The molecule has 3 N–H and O–H groups in total. The van der Waals surface area contributed by atoms with Crippen LogP contribution >= 0.6 is 0 Å². The Hall–Kier alpha value is -0.650. The second-order valence-electron chi connectivity index (χ2n) is 4.11. The number of hydrogen-bond acceptors (Lipinski definition) is 4. The molecule has 0 spiro atoms. The predicted octanol–water partition coefficient (Wildman–Crippen LogP) is -0.438. The van der Waals surface area contributed by atoms with Crippen LogP contribution in [0.4, 0.5) is 0 Å². The summed E-state index contributed by atoms with van der Waals surface area (Å²) in [6.07, 6.45) is 1.66. The third-order valence-electron chi connectivity index (χ3n) is 2.83. The number of rotatable bonds is 6. The molecule has 1 rings (SSSR count). The van der Waals surface area contributed by atoms with Gasteiger partial charge in [-0.2, -0.15) is 0 Å². The van der Waals surface area contributed by atoms with Crippen LogP contribution < -0.4 is 11.1 Å². The van der Waals surface area contributed by atoms with Crippen molar-refractivity contribution in [1.82, 2.24) is 10.2 Å². The SMILES string of the molecule is CC[C@H](N)C(=O)NCCCN1CCOCC1. The van der Waals surface area contributed by atoms with E-state index in [4.69, 9.17) is 10.5 Å². The van der Waals surface area contributed by atoms with Gasteiger partial charge < -0.3 is 15.8 Å². The van der Waals surface area contributed by atoms with Crippen molar-refractivity contribution in [2.75, 3.05) is 39.4 Å². The van der Waals surface area contributed by atoms with Crippen molar-refractivity contribution in [2.24, 2.45) is 5.73 Å². The van der Waals surface area contributed by atoms with Crippen LogP contribution in [0.1, 0.15) is 19.8 Å². The lowest BCUT2D eigenvalue weighted by molar-refractivity contribution is -0.122. The van der Waals surface area contributed by atoms with E-state index in [9.17, 15) is 4.79 Å². The molecule has 0 bridgehead atoms. The predicted molar refractivity (Wildman–Crippen MR) is 63.2 cm³/mol. The zero-order chi connectivity index (χ0) is 11.8. The molecule has 5 heteroatoms. The molecule has 0 aromatic heterocycles. The van der Waals surface area contributed by atoms with E-state index in [2.05, 4.69) is 10.2 Å². The zero-order valence-electron chi connectivity index (χ0n) is 10.1. The number of morpholine rings is 1. The average Bonchev–Trinajstić information content (AvgIpc) is 2.34. The Morgan fingerprint density at radius 3 is 2.81 bits per heavy atom. The van der Waals surface area contributed by atoms with Crippen LogP contribution in [0.5, 0.6) is 0 Å². The molecule has 1 aliphatic heterocycles. The summed E-state index contributed by atoms with van der Waals surface area (Å²) < 4.78 is 5.26. The molecule has 1 atom stereocenters. The Bertz CT molecular complexity index is 205. The van der Waals surface area contributed by atoms with Crippen molar-refractivity contribution in [2.45, 2.75) is 25.8 Å². The maximum atomic E-state index is 11.4. The zero-order valence-corrected chi connectivity index (χ0v) is 10.1. The number of ether oxygens (including phenoxy) is 1. The van der Waals surface area contributed by atoms with Gasteiger partial charge in [0.05, 0.1) is 19.3 Å². The fourth-order valence-electron chi connectivity index (χ4n) is 1.66. The molecule has 1 saturated heterocycles. The first kappa shape index (κ1) is 13.4. The molecule has 0 aliphatic carbocycles. The largest absolute Gasteiger partial charge is 0.379 e. The summed E-state index contributed by atoms with van der Waals surface area (Å²) in [6, 6.07) is -0.358. The summed E-state index contributed by atoms with van der Waals surface area (Å²) in [5.41, 5.74) is 5.60. The summed E-state index contributed by atoms with van der Waals surface area (Å²) in [6.45, 7) is 7.30. The summed E-state index contributed by atoms with van der Waals surface area (Å²) in [4.78, 5) is 13.7. The number of carbonyl (C=O) groups excluding carboxylic acids is 1. The normalized spacial score (nSPS) is 19.4. The Labute approximate surface area is 97.3 Å². The van der Waals surface area contributed by atoms with Gasteiger partial charge in [0, 0.05) is 19.6 Å². The smallest absolute Gasteiger partial charge is 0.236 e. The highest BCUT2D eigenvalue weighted by molar-refractivity contribution is 5.81. The molecule has 1 heterocycles. The molecular weight excluding hydrogens is 206 g/mol. The molecule has 1 aliphatic rings. The minimum atomic E-state index is -0.358. The Balaban J connectivity index is 2.00. The van der Waals surface area contributed by atoms with Crippen LogP contribution in [-0.4, -0.2) is 56.2 Å². The minimum Gasteiger partial charge on any atom is -0.379 e. The number of hydrogen-bond donors (Lipinski definition) is 2. The summed E-state index contributed by atoms with van der Waals surface area (Å²) >= 11 is 0. The van der Waals surface area contributed by atoms with Crippen molar-refractivity contribution >= 4 is 5.91 Å². The number of carbonyl (C=O) groups is 1. The van der Waals surface area contributed by atoms with Gasteiger partial charge in [0.1, 0.15) is 0 Å². The Kier molecular flexibility index (Phi) is 6.37. The van der Waals surface area contributed by atoms with Crippen LogP contribution in [0, 0.1) is 0 Å². The lowest BCUT2D eigenvalue weighted by Crippen LogP contribution is -2.42. The monoisotopic (exact) mass is 229 g/mol. The second kappa shape index (κ2) is 7.60. The molecule has 0 unspecified atom stereocenters. The minimum absolute atomic E-state index is 0.0375. The van der Waals surface area contributed by atoms with E-state index in [1.807, 2.05) is 6.92 Å². The third kappa shape index (κ3) is 4.92. The molecule has 0 aromatic carbocycles. The van der Waals surface area contributed by atoms with E-state index in [1.54, 1.807) is 0 Å². The van der Waals surface area contributed by atoms with E-state index >= 15 is 0 Å².